The molecule has 1 aliphatic carbocycles. The number of nitrogens with zero attached hydrogens (tertiary/aromatic N) is 1. The minimum atomic E-state index is -4.37. The number of amides is 3. The summed E-state index contributed by atoms with van der Waals surface area (Å²) in [6.45, 7) is 0. The van der Waals surface area contributed by atoms with E-state index in [4.69, 9.17) is 4.74 Å². The third-order valence-corrected chi connectivity index (χ3v) is 5.57. The highest BCUT2D eigenvalue weighted by Crippen LogP contribution is 2.25. The third kappa shape index (κ3) is 3.55. The van der Waals surface area contributed by atoms with Crippen molar-refractivity contribution in [3.8, 4) is 5.75 Å². The van der Waals surface area contributed by atoms with E-state index in [-0.39, 0.29) is 26.6 Å². The van der Waals surface area contributed by atoms with Gasteiger partial charge >= 0.3 is 6.03 Å². The number of hydrogen-bond donors (Lipinski definition) is 1. The first kappa shape index (κ1) is 17.9. The Kier molecular flexibility index (Phi) is 4.94. The van der Waals surface area contributed by atoms with E-state index >= 15 is 0 Å². The lowest BCUT2D eigenvalue weighted by Gasteiger charge is -2.22. The summed E-state index contributed by atoms with van der Waals surface area (Å²) in [5.74, 6) is -0.783. The van der Waals surface area contributed by atoms with Crippen LogP contribution in [0.25, 0.3) is 0 Å². The monoisotopic (exact) mass is 374 g/mol. The molecule has 3 amide bonds. The Hall–Kier alpha value is -2.87. The van der Waals surface area contributed by atoms with Gasteiger partial charge in [-0.2, -0.15) is 0 Å². The molecule has 2 aromatic rings. The van der Waals surface area contributed by atoms with E-state index in [1.54, 1.807) is 18.2 Å². The molecule has 0 spiro atoms. The van der Waals surface area contributed by atoms with Gasteiger partial charge in [0.05, 0.1) is 17.6 Å². The second-order valence-electron chi connectivity index (χ2n) is 5.81. The van der Waals surface area contributed by atoms with Gasteiger partial charge < -0.3 is 10.1 Å². The average molecular weight is 374 g/mol. The molecule has 8 heteroatoms. The van der Waals surface area contributed by atoms with Crippen LogP contribution >= 0.6 is 0 Å². The van der Waals surface area contributed by atoms with E-state index in [2.05, 4.69) is 5.32 Å². The molecule has 0 saturated heterocycles. The number of methoxy groups -OCH3 is 1. The number of ether oxygens (including phenoxy) is 1. The molecule has 0 atom stereocenters. The molecular weight excluding hydrogens is 356 g/mol. The zero-order chi connectivity index (χ0) is 18.7. The van der Waals surface area contributed by atoms with Gasteiger partial charge in [0.1, 0.15) is 5.75 Å². The van der Waals surface area contributed by atoms with Gasteiger partial charge in [-0.05, 0) is 37.1 Å². The topological polar surface area (TPSA) is 92.8 Å². The molecule has 0 radical (unpaired) electrons. The molecule has 1 saturated carbocycles. The first-order valence-electron chi connectivity index (χ1n) is 8.03. The molecule has 0 unspecified atom stereocenters. The Balaban J connectivity index is 2.06. The van der Waals surface area contributed by atoms with Gasteiger partial charge in [-0.15, -0.1) is 4.31 Å². The summed E-state index contributed by atoms with van der Waals surface area (Å²) in [7, 11) is -3.01. The van der Waals surface area contributed by atoms with Crippen molar-refractivity contribution in [3.63, 3.8) is 0 Å². The summed E-state index contributed by atoms with van der Waals surface area (Å²) in [6.07, 6.45) is 1.52. The lowest BCUT2D eigenvalue weighted by Crippen LogP contribution is -2.48. The summed E-state index contributed by atoms with van der Waals surface area (Å²) >= 11 is 0. The van der Waals surface area contributed by atoms with E-state index < -0.39 is 22.0 Å². The van der Waals surface area contributed by atoms with Crippen LogP contribution in [0.15, 0.2) is 59.5 Å². The molecule has 3 rings (SSSR count). The van der Waals surface area contributed by atoms with E-state index in [0.29, 0.717) is 0 Å². The van der Waals surface area contributed by atoms with Crippen LogP contribution in [0.1, 0.15) is 23.2 Å². The fraction of sp³-hybridized carbons (Fsp3) is 0.222. The summed E-state index contributed by atoms with van der Waals surface area (Å²) in [5, 5.41) is 2.56. The van der Waals surface area contributed by atoms with Crippen LogP contribution in [0.5, 0.6) is 5.75 Å². The lowest BCUT2D eigenvalue weighted by atomic mass is 10.2. The number of carbonyl (C=O) groups is 2. The van der Waals surface area contributed by atoms with Crippen LogP contribution in [0.3, 0.4) is 0 Å². The smallest absolute Gasteiger partial charge is 0.338 e. The van der Waals surface area contributed by atoms with Crippen molar-refractivity contribution in [2.45, 2.75) is 23.8 Å². The molecule has 136 valence electrons. The van der Waals surface area contributed by atoms with Gasteiger partial charge in [0.2, 0.25) is 0 Å². The van der Waals surface area contributed by atoms with Gasteiger partial charge in [-0.1, -0.05) is 30.3 Å². The molecule has 0 aliphatic heterocycles. The summed E-state index contributed by atoms with van der Waals surface area (Å²) in [4.78, 5) is 25.5. The van der Waals surface area contributed by atoms with Crippen molar-refractivity contribution in [2.24, 2.45) is 0 Å². The number of para-hydroxylation sites is 1. The van der Waals surface area contributed by atoms with Crippen LogP contribution < -0.4 is 10.1 Å². The van der Waals surface area contributed by atoms with Crippen molar-refractivity contribution < 1.29 is 22.7 Å². The van der Waals surface area contributed by atoms with Gasteiger partial charge in [0.25, 0.3) is 15.9 Å². The molecule has 2 aromatic carbocycles. The number of urea groups is 1. The molecule has 1 aliphatic rings. The summed E-state index contributed by atoms with van der Waals surface area (Å²) in [6, 6.07) is 12.5. The second kappa shape index (κ2) is 7.17. The maximum absolute atomic E-state index is 13.0. The Morgan fingerprint density at radius 3 is 2.27 bits per heavy atom. The minimum absolute atomic E-state index is 0.0135. The predicted molar refractivity (Wildman–Crippen MR) is 94.3 cm³/mol. The SMILES string of the molecule is COc1ccccc1C(=O)N(C(=O)NC1CC1)S(=O)(=O)c1ccccc1. The summed E-state index contributed by atoms with van der Waals surface area (Å²) < 4.78 is 31.4. The third-order valence-electron chi connectivity index (χ3n) is 3.89. The maximum atomic E-state index is 13.0. The van der Waals surface area contributed by atoms with E-state index in [1.807, 2.05) is 0 Å². The van der Waals surface area contributed by atoms with Crippen molar-refractivity contribution in [1.29, 1.82) is 0 Å². The highest BCUT2D eigenvalue weighted by atomic mass is 32.2. The van der Waals surface area contributed by atoms with E-state index in [1.165, 1.54) is 43.5 Å². The fourth-order valence-corrected chi connectivity index (χ4v) is 3.70. The second-order valence-corrected chi connectivity index (χ2v) is 7.60. The largest absolute Gasteiger partial charge is 0.496 e. The molecule has 0 bridgehead atoms. The Labute approximate surface area is 151 Å². The number of carbonyl (C=O) groups excluding carboxylic acids is 2. The predicted octanol–water partition coefficient (Wildman–Crippen LogP) is 2.40. The van der Waals surface area contributed by atoms with Crippen LogP contribution in [0.4, 0.5) is 4.79 Å². The molecule has 0 heterocycles. The highest BCUT2D eigenvalue weighted by molar-refractivity contribution is 7.90. The molecule has 1 N–H and O–H groups in total. The fourth-order valence-electron chi connectivity index (χ4n) is 2.40. The van der Waals surface area contributed by atoms with Crippen LogP contribution in [0, 0.1) is 0 Å². The Bertz CT molecular complexity index is 924. The van der Waals surface area contributed by atoms with Gasteiger partial charge in [-0.3, -0.25) is 4.79 Å². The molecular formula is C18H18N2O5S. The van der Waals surface area contributed by atoms with Crippen LogP contribution in [-0.2, 0) is 10.0 Å². The lowest BCUT2D eigenvalue weighted by molar-refractivity contribution is 0.0882. The highest BCUT2D eigenvalue weighted by Gasteiger charge is 2.39. The standard InChI is InChI=1S/C18H18N2O5S/c1-25-16-10-6-5-9-15(16)17(21)20(18(22)19-13-11-12-13)26(23,24)14-7-3-2-4-8-14/h2-10,13H,11-12H2,1H3,(H,19,22). The molecule has 1 fully saturated rings. The van der Waals surface area contributed by atoms with Crippen molar-refractivity contribution in [1.82, 2.24) is 9.62 Å². The number of imide groups is 1. The van der Waals surface area contributed by atoms with Crippen LogP contribution in [0.2, 0.25) is 0 Å². The average Bonchev–Trinajstić information content (AvgIpc) is 3.46. The van der Waals surface area contributed by atoms with Crippen LogP contribution in [-0.4, -0.2) is 37.8 Å². The molecule has 7 nitrogen and oxygen atoms in total. The zero-order valence-corrected chi connectivity index (χ0v) is 14.9. The van der Waals surface area contributed by atoms with Gasteiger partial charge in [-0.25, -0.2) is 13.2 Å². The van der Waals surface area contributed by atoms with E-state index in [9.17, 15) is 18.0 Å². The first-order valence-corrected chi connectivity index (χ1v) is 9.47. The number of nitrogens with one attached hydrogen (secondary N) is 1. The van der Waals surface area contributed by atoms with Crippen molar-refractivity contribution in [2.75, 3.05) is 7.11 Å². The maximum Gasteiger partial charge on any atom is 0.338 e. The Morgan fingerprint density at radius 2 is 1.65 bits per heavy atom. The number of rotatable bonds is 5. The quantitative estimate of drug-likeness (QED) is 0.867. The molecule has 0 aromatic heterocycles. The van der Waals surface area contributed by atoms with E-state index in [0.717, 1.165) is 12.8 Å². The number of hydrogen-bond acceptors (Lipinski definition) is 5. The minimum Gasteiger partial charge on any atom is -0.496 e. The van der Waals surface area contributed by atoms with Crippen molar-refractivity contribution in [3.05, 3.63) is 60.2 Å². The van der Waals surface area contributed by atoms with Gasteiger partial charge in [0.15, 0.2) is 0 Å². The van der Waals surface area contributed by atoms with Crippen molar-refractivity contribution >= 4 is 22.0 Å². The first-order chi connectivity index (χ1) is 12.4. The number of benzene rings is 2. The normalized spacial score (nSPS) is 13.7. The number of sulfonamides is 1. The van der Waals surface area contributed by atoms with Gasteiger partial charge in [0, 0.05) is 6.04 Å². The zero-order valence-electron chi connectivity index (χ0n) is 14.1. The summed E-state index contributed by atoms with van der Waals surface area (Å²) in [5.41, 5.74) is -0.0135. The molecule has 26 heavy (non-hydrogen) atoms. The Morgan fingerprint density at radius 1 is 1.04 bits per heavy atom.